The molecule has 0 bridgehead atoms. The summed E-state index contributed by atoms with van der Waals surface area (Å²) in [5.74, 6) is 0.564. The van der Waals surface area contributed by atoms with Crippen LogP contribution >= 0.6 is 0 Å². The van der Waals surface area contributed by atoms with Gasteiger partial charge in [0, 0.05) is 49.4 Å². The van der Waals surface area contributed by atoms with Crippen molar-refractivity contribution >= 4 is 22.4 Å². The van der Waals surface area contributed by atoms with E-state index in [-0.39, 0.29) is 19.0 Å². The number of aliphatic hydroxyl groups is 2. The van der Waals surface area contributed by atoms with Crippen LogP contribution in [0.2, 0.25) is 0 Å². The highest BCUT2D eigenvalue weighted by Crippen LogP contribution is 2.45. The number of fused-ring (bicyclic) bond motifs is 2. The van der Waals surface area contributed by atoms with Crippen LogP contribution in [0.1, 0.15) is 21.5 Å². The molecule has 5 N–H and O–H groups in total. The highest BCUT2D eigenvalue weighted by molar-refractivity contribution is 6.28. The minimum Gasteiger partial charge on any atom is -0.488 e. The van der Waals surface area contributed by atoms with Gasteiger partial charge in [-0.2, -0.15) is 5.10 Å². The van der Waals surface area contributed by atoms with Gasteiger partial charge in [-0.1, -0.05) is 42.5 Å². The number of ether oxygens (including phenoxy) is 1. The van der Waals surface area contributed by atoms with Gasteiger partial charge < -0.3 is 30.9 Å². The molecule has 9 heteroatoms. The summed E-state index contributed by atoms with van der Waals surface area (Å²) in [4.78, 5) is 14.0. The van der Waals surface area contributed by atoms with Gasteiger partial charge in [0.1, 0.15) is 18.1 Å². The first-order chi connectivity index (χ1) is 18.7. The first-order valence-corrected chi connectivity index (χ1v) is 13.0. The van der Waals surface area contributed by atoms with Crippen LogP contribution in [0.25, 0.3) is 22.2 Å². The lowest BCUT2D eigenvalue weighted by Crippen LogP contribution is -2.25. The fourth-order valence-corrected chi connectivity index (χ4v) is 4.83. The average Bonchev–Trinajstić information content (AvgIpc) is 3.32. The summed E-state index contributed by atoms with van der Waals surface area (Å²) in [5, 5.41) is 33.7. The Hall–Kier alpha value is -3.76. The molecule has 0 fully saturated rings. The Morgan fingerprint density at radius 3 is 2.39 bits per heavy atom. The molecule has 1 heterocycles. The van der Waals surface area contributed by atoms with E-state index in [0.29, 0.717) is 62.8 Å². The molecule has 4 aromatic rings. The first-order valence-electron chi connectivity index (χ1n) is 13.0. The molecule has 198 valence electrons. The number of anilines is 1. The predicted molar refractivity (Wildman–Crippen MR) is 148 cm³/mol. The molecule has 1 aliphatic rings. The van der Waals surface area contributed by atoms with E-state index in [4.69, 9.17) is 20.0 Å². The van der Waals surface area contributed by atoms with Crippen LogP contribution in [0.4, 0.5) is 5.69 Å². The zero-order valence-corrected chi connectivity index (χ0v) is 21.2. The number of rotatable bonds is 14. The molecule has 0 radical (unpaired) electrons. The van der Waals surface area contributed by atoms with E-state index in [1.165, 1.54) is 0 Å². The molecule has 0 saturated carbocycles. The molecular weight excluding hydrogens is 482 g/mol. The number of carbonyl (C=O) groups excluding carboxylic acids is 1. The van der Waals surface area contributed by atoms with E-state index in [0.717, 1.165) is 33.4 Å². The second kappa shape index (κ2) is 12.2. The zero-order chi connectivity index (χ0) is 26.3. The van der Waals surface area contributed by atoms with Gasteiger partial charge in [0.15, 0.2) is 5.78 Å². The Morgan fingerprint density at radius 2 is 1.61 bits per heavy atom. The quantitative estimate of drug-likeness (QED) is 0.143. The second-order valence-corrected chi connectivity index (χ2v) is 9.11. The van der Waals surface area contributed by atoms with E-state index in [1.807, 2.05) is 65.3 Å². The lowest BCUT2D eigenvalue weighted by Gasteiger charge is -2.21. The van der Waals surface area contributed by atoms with Crippen LogP contribution in [0.15, 0.2) is 60.7 Å². The summed E-state index contributed by atoms with van der Waals surface area (Å²) < 4.78 is 8.17. The van der Waals surface area contributed by atoms with Crippen LogP contribution < -0.4 is 20.7 Å². The third kappa shape index (κ3) is 5.27. The van der Waals surface area contributed by atoms with Gasteiger partial charge in [-0.25, -0.2) is 0 Å². The molecule has 1 aromatic heterocycles. The van der Waals surface area contributed by atoms with Crippen molar-refractivity contribution in [3.63, 3.8) is 0 Å². The smallest absolute Gasteiger partial charge is 0.196 e. The molecule has 0 atom stereocenters. The van der Waals surface area contributed by atoms with E-state index in [1.54, 1.807) is 0 Å². The summed E-state index contributed by atoms with van der Waals surface area (Å²) in [7, 11) is 0. The SMILES string of the molecule is O=C1c2cccc(OCc3ccccc3)c2-c2nn(CCNCCO)c3ccc(NCCNCCO)c1c23. The van der Waals surface area contributed by atoms with Crippen molar-refractivity contribution < 1.29 is 19.7 Å². The number of nitrogens with zero attached hydrogens (tertiary/aromatic N) is 2. The van der Waals surface area contributed by atoms with Gasteiger partial charge in [-0.3, -0.25) is 9.48 Å². The van der Waals surface area contributed by atoms with Gasteiger partial charge >= 0.3 is 0 Å². The average molecular weight is 516 g/mol. The van der Waals surface area contributed by atoms with Crippen molar-refractivity contribution in [2.24, 2.45) is 0 Å². The third-order valence-corrected chi connectivity index (χ3v) is 6.59. The molecule has 0 saturated heterocycles. The molecule has 0 spiro atoms. The van der Waals surface area contributed by atoms with E-state index >= 15 is 0 Å². The molecule has 5 rings (SSSR count). The highest BCUT2D eigenvalue weighted by Gasteiger charge is 2.33. The fourth-order valence-electron chi connectivity index (χ4n) is 4.83. The predicted octanol–water partition coefficient (Wildman–Crippen LogP) is 2.40. The minimum atomic E-state index is -0.0629. The van der Waals surface area contributed by atoms with Crippen molar-refractivity contribution in [1.82, 2.24) is 20.4 Å². The zero-order valence-electron chi connectivity index (χ0n) is 21.2. The second-order valence-electron chi connectivity index (χ2n) is 9.11. The van der Waals surface area contributed by atoms with Crippen molar-refractivity contribution in [2.75, 3.05) is 51.3 Å². The Kier molecular flexibility index (Phi) is 8.30. The van der Waals surface area contributed by atoms with Crippen molar-refractivity contribution in [3.8, 4) is 17.0 Å². The number of nitrogens with one attached hydrogen (secondary N) is 3. The normalized spacial score (nSPS) is 12.1. The maximum absolute atomic E-state index is 14.0. The summed E-state index contributed by atoms with van der Waals surface area (Å²) in [5.41, 5.74) is 5.31. The Morgan fingerprint density at radius 1 is 0.816 bits per heavy atom. The van der Waals surface area contributed by atoms with Crippen molar-refractivity contribution in [3.05, 3.63) is 77.4 Å². The van der Waals surface area contributed by atoms with Gasteiger partial charge in [0.25, 0.3) is 0 Å². The topological polar surface area (TPSA) is 121 Å². The Labute approximate surface area is 221 Å². The molecule has 38 heavy (non-hydrogen) atoms. The molecule has 9 nitrogen and oxygen atoms in total. The summed E-state index contributed by atoms with van der Waals surface area (Å²) in [6, 6.07) is 19.4. The number of hydrogen-bond donors (Lipinski definition) is 5. The lowest BCUT2D eigenvalue weighted by atomic mass is 9.86. The number of ketones is 1. The number of aliphatic hydroxyl groups excluding tert-OH is 2. The first kappa shape index (κ1) is 25.9. The Bertz CT molecular complexity index is 1400. The fraction of sp³-hybridized carbons (Fsp3) is 0.310. The van der Waals surface area contributed by atoms with Crippen LogP contribution in [0.5, 0.6) is 5.75 Å². The maximum Gasteiger partial charge on any atom is 0.196 e. The van der Waals surface area contributed by atoms with Crippen LogP contribution in [0.3, 0.4) is 0 Å². The van der Waals surface area contributed by atoms with Gasteiger partial charge in [-0.05, 0) is 23.8 Å². The van der Waals surface area contributed by atoms with Crippen LogP contribution in [-0.4, -0.2) is 71.7 Å². The molecule has 3 aromatic carbocycles. The Balaban J connectivity index is 1.55. The summed E-state index contributed by atoms with van der Waals surface area (Å²) >= 11 is 0. The molecule has 0 unspecified atom stereocenters. The van der Waals surface area contributed by atoms with E-state index in [2.05, 4.69) is 16.0 Å². The maximum atomic E-state index is 14.0. The van der Waals surface area contributed by atoms with Crippen molar-refractivity contribution in [1.29, 1.82) is 0 Å². The number of hydrogen-bond acceptors (Lipinski definition) is 8. The highest BCUT2D eigenvalue weighted by atomic mass is 16.5. The molecule has 0 amide bonds. The monoisotopic (exact) mass is 515 g/mol. The number of benzene rings is 3. The standard InChI is InChI=1S/C29H33N5O4/c35-17-14-30-11-12-32-22-9-10-23-27-26(22)29(37)21-7-4-8-24(38-19-20-5-2-1-3-6-20)25(21)28(27)33-34(23)16-13-31-15-18-36/h1-10,30-32,35-36H,11-19H2. The summed E-state index contributed by atoms with van der Waals surface area (Å²) in [6.07, 6.45) is 0. The molecular formula is C29H33N5O4. The van der Waals surface area contributed by atoms with Crippen LogP contribution in [-0.2, 0) is 13.2 Å². The third-order valence-electron chi connectivity index (χ3n) is 6.59. The van der Waals surface area contributed by atoms with Gasteiger partial charge in [-0.15, -0.1) is 0 Å². The molecule has 0 aliphatic heterocycles. The van der Waals surface area contributed by atoms with E-state index < -0.39 is 0 Å². The minimum absolute atomic E-state index is 0.0629. The van der Waals surface area contributed by atoms with E-state index in [9.17, 15) is 4.79 Å². The van der Waals surface area contributed by atoms with Crippen LogP contribution in [0, 0.1) is 0 Å². The number of carbonyl (C=O) groups is 1. The molecule has 1 aliphatic carbocycles. The largest absolute Gasteiger partial charge is 0.488 e. The van der Waals surface area contributed by atoms with Gasteiger partial charge in [0.2, 0.25) is 0 Å². The summed E-state index contributed by atoms with van der Waals surface area (Å²) in [6.45, 7) is 4.05. The number of aromatic nitrogens is 2. The lowest BCUT2D eigenvalue weighted by molar-refractivity contribution is 0.104. The van der Waals surface area contributed by atoms with Gasteiger partial charge in [0.05, 0.1) is 36.4 Å². The van der Waals surface area contributed by atoms with Crippen molar-refractivity contribution in [2.45, 2.75) is 13.2 Å².